The molecule has 0 spiro atoms. The molecule has 7 rings (SSSR count). The molecular weight excluding hydrogens is 766 g/mol. The molecule has 0 bridgehead atoms. The van der Waals surface area contributed by atoms with Gasteiger partial charge in [0.05, 0.1) is 16.4 Å². The van der Waals surface area contributed by atoms with Gasteiger partial charge >= 0.3 is 5.97 Å². The number of sulfonamides is 1. The van der Waals surface area contributed by atoms with Crippen molar-refractivity contribution in [3.63, 3.8) is 0 Å². The largest absolute Gasteiger partial charge is 0.464 e. The lowest BCUT2D eigenvalue weighted by Crippen LogP contribution is -2.54. The lowest BCUT2D eigenvalue weighted by atomic mass is 9.91. The highest BCUT2D eigenvalue weighted by atomic mass is 32.2. The van der Waals surface area contributed by atoms with Gasteiger partial charge in [-0.1, -0.05) is 48.5 Å². The second kappa shape index (κ2) is 16.0. The number of halogens is 1. The number of nitrogens with one attached hydrogen (secondary N) is 1. The van der Waals surface area contributed by atoms with E-state index in [1.807, 2.05) is 25.3 Å². The number of carbonyl (C=O) groups is 1. The summed E-state index contributed by atoms with van der Waals surface area (Å²) in [6.07, 6.45) is 5.35. The van der Waals surface area contributed by atoms with Gasteiger partial charge in [0.2, 0.25) is 21.5 Å². The van der Waals surface area contributed by atoms with Gasteiger partial charge in [0.25, 0.3) is 0 Å². The summed E-state index contributed by atoms with van der Waals surface area (Å²) in [4.78, 5) is 23.6. The van der Waals surface area contributed by atoms with Gasteiger partial charge in [0.1, 0.15) is 11.5 Å². The topological polar surface area (TPSA) is 146 Å². The number of hydrogen-bond donors (Lipinski definition) is 1. The summed E-state index contributed by atoms with van der Waals surface area (Å²) >= 11 is 0. The van der Waals surface area contributed by atoms with Gasteiger partial charge in [-0.25, -0.2) is 31.0 Å². The van der Waals surface area contributed by atoms with Crippen molar-refractivity contribution >= 4 is 37.0 Å². The van der Waals surface area contributed by atoms with Crippen molar-refractivity contribution in [2.45, 2.75) is 54.9 Å². The highest BCUT2D eigenvalue weighted by molar-refractivity contribution is 7.90. The Morgan fingerprint density at radius 2 is 1.39 bits per heavy atom. The van der Waals surface area contributed by atoms with Crippen molar-refractivity contribution in [3.8, 4) is 22.6 Å². The number of benzene rings is 4. The Morgan fingerprint density at radius 1 is 0.789 bits per heavy atom. The van der Waals surface area contributed by atoms with Gasteiger partial charge in [0.15, 0.2) is 15.6 Å². The fourth-order valence-electron chi connectivity index (χ4n) is 7.02. The molecular formula is C44H40FN3O7S2. The van der Waals surface area contributed by atoms with E-state index in [1.54, 1.807) is 49.4 Å². The minimum atomic E-state index is -4.51. The van der Waals surface area contributed by atoms with Crippen LogP contribution in [0.4, 0.5) is 4.39 Å². The first-order chi connectivity index (χ1) is 27.3. The molecule has 6 aromatic rings. The zero-order chi connectivity index (χ0) is 40.4. The average molecular weight is 806 g/mol. The van der Waals surface area contributed by atoms with E-state index in [2.05, 4.69) is 9.71 Å². The average Bonchev–Trinajstić information content (AvgIpc) is 3.88. The number of sulfone groups is 1. The fraction of sp³-hybridized carbons (Fsp3) is 0.205. The van der Waals surface area contributed by atoms with Crippen LogP contribution >= 0.6 is 0 Å². The number of rotatable bonds is 13. The number of ether oxygens (including phenoxy) is 1. The van der Waals surface area contributed by atoms with Gasteiger partial charge in [-0.2, -0.15) is 4.72 Å². The molecule has 0 radical (unpaired) electrons. The van der Waals surface area contributed by atoms with Gasteiger partial charge < -0.3 is 9.15 Å². The lowest BCUT2D eigenvalue weighted by molar-refractivity contribution is -0.151. The van der Waals surface area contributed by atoms with E-state index >= 15 is 0 Å². The molecule has 0 saturated carbocycles. The standard InChI is InChI=1S/C44H40FN3O7S2/c1-4-54-43(49)44(27-30-9-6-5-7-10-30,42-47-40(32-15-21-35(45)22-16-32)41(55-42)33-19-23-36(24-20-33)56(3,50)51)48-57(52,53)37-25-17-31(18-26-37)38-11-8-12-39(38)34-14-13-29(2)46-28-34/h5-7,9-10,13-26,28,48H,4,8,11-12,27H2,1-3H3. The summed E-state index contributed by atoms with van der Waals surface area (Å²) < 4.78 is 82.5. The maximum atomic E-state index is 14.6. The smallest absolute Gasteiger partial charge is 0.337 e. The van der Waals surface area contributed by atoms with E-state index in [0.29, 0.717) is 16.7 Å². The predicted molar refractivity (Wildman–Crippen MR) is 215 cm³/mol. The number of nitrogens with zero attached hydrogens (tertiary/aromatic N) is 2. The summed E-state index contributed by atoms with van der Waals surface area (Å²) in [5, 5.41) is 0. The number of hydrogen-bond acceptors (Lipinski definition) is 9. The number of aromatic nitrogens is 2. The second-order valence-electron chi connectivity index (χ2n) is 13.9. The third kappa shape index (κ3) is 8.36. The number of aryl methyl sites for hydroxylation is 1. The molecule has 4 aromatic carbocycles. The quantitative estimate of drug-likeness (QED) is 0.114. The van der Waals surface area contributed by atoms with Gasteiger partial charge in [0, 0.05) is 35.7 Å². The molecule has 1 N–H and O–H groups in total. The van der Waals surface area contributed by atoms with E-state index < -0.39 is 37.2 Å². The Hall–Kier alpha value is -5.76. The Kier molecular flexibility index (Phi) is 11.1. The second-order valence-corrected chi connectivity index (χ2v) is 17.6. The first-order valence-electron chi connectivity index (χ1n) is 18.4. The summed E-state index contributed by atoms with van der Waals surface area (Å²) in [7, 11) is -8.06. The fourth-order valence-corrected chi connectivity index (χ4v) is 8.96. The summed E-state index contributed by atoms with van der Waals surface area (Å²) in [5.74, 6) is -1.71. The van der Waals surface area contributed by atoms with Crippen LogP contribution in [0.2, 0.25) is 0 Å². The van der Waals surface area contributed by atoms with Crippen molar-refractivity contribution in [2.75, 3.05) is 12.9 Å². The predicted octanol–water partition coefficient (Wildman–Crippen LogP) is 8.33. The summed E-state index contributed by atoms with van der Waals surface area (Å²) in [6, 6.07) is 30.6. The van der Waals surface area contributed by atoms with E-state index in [9.17, 15) is 26.0 Å². The number of oxazole rings is 1. The zero-order valence-electron chi connectivity index (χ0n) is 31.5. The van der Waals surface area contributed by atoms with Crippen LogP contribution in [-0.4, -0.2) is 45.6 Å². The van der Waals surface area contributed by atoms with E-state index in [4.69, 9.17) is 14.1 Å². The van der Waals surface area contributed by atoms with Gasteiger partial charge in [-0.15, -0.1) is 0 Å². The maximum absolute atomic E-state index is 14.6. The van der Waals surface area contributed by atoms with Crippen LogP contribution in [-0.2, 0) is 41.4 Å². The van der Waals surface area contributed by atoms with Crippen molar-refractivity contribution < 1.29 is 35.2 Å². The molecule has 2 heterocycles. The molecule has 13 heteroatoms. The van der Waals surface area contributed by atoms with Crippen LogP contribution in [0.1, 0.15) is 54.5 Å². The van der Waals surface area contributed by atoms with E-state index in [-0.39, 0.29) is 40.2 Å². The Balaban J connectivity index is 1.36. The van der Waals surface area contributed by atoms with Crippen LogP contribution in [0.3, 0.4) is 0 Å². The number of esters is 1. The SMILES string of the molecule is CCOC(=O)C(Cc1ccccc1)(NS(=O)(=O)c1ccc(C2=C(c3ccc(C)nc3)CCC2)cc1)c1nc(-c2ccc(F)cc2)c(-c2ccc(S(C)(=O)=O)cc2)o1. The Bertz CT molecular complexity index is 2660. The normalized spacial score (nSPS) is 14.4. The third-order valence-corrected chi connectivity index (χ3v) is 12.5. The molecule has 10 nitrogen and oxygen atoms in total. The molecule has 0 saturated heterocycles. The first kappa shape index (κ1) is 39.5. The van der Waals surface area contributed by atoms with E-state index in [1.165, 1.54) is 66.2 Å². The highest BCUT2D eigenvalue weighted by Gasteiger charge is 2.50. The van der Waals surface area contributed by atoms with Crippen molar-refractivity contribution in [3.05, 3.63) is 156 Å². The minimum Gasteiger partial charge on any atom is -0.464 e. The first-order valence-corrected chi connectivity index (χ1v) is 21.7. The molecule has 57 heavy (non-hydrogen) atoms. The highest BCUT2D eigenvalue weighted by Crippen LogP contribution is 2.41. The molecule has 1 unspecified atom stereocenters. The Morgan fingerprint density at radius 3 is 2.00 bits per heavy atom. The molecule has 1 atom stereocenters. The zero-order valence-corrected chi connectivity index (χ0v) is 33.2. The molecule has 0 aliphatic heterocycles. The van der Waals surface area contributed by atoms with Crippen LogP contribution in [0, 0.1) is 12.7 Å². The number of pyridine rings is 1. The maximum Gasteiger partial charge on any atom is 0.337 e. The minimum absolute atomic E-state index is 0.0608. The Labute approximate surface area is 331 Å². The lowest BCUT2D eigenvalue weighted by Gasteiger charge is -2.29. The van der Waals surface area contributed by atoms with E-state index in [0.717, 1.165) is 47.9 Å². The van der Waals surface area contributed by atoms with Crippen molar-refractivity contribution in [1.29, 1.82) is 0 Å². The van der Waals surface area contributed by atoms with Crippen LogP contribution in [0.15, 0.2) is 136 Å². The van der Waals surface area contributed by atoms with Crippen LogP contribution in [0.5, 0.6) is 0 Å². The monoisotopic (exact) mass is 805 g/mol. The van der Waals surface area contributed by atoms with Gasteiger partial charge in [-0.3, -0.25) is 4.98 Å². The molecule has 292 valence electrons. The summed E-state index contributed by atoms with van der Waals surface area (Å²) in [6.45, 7) is 3.44. The summed E-state index contributed by atoms with van der Waals surface area (Å²) in [5.41, 5.74) is 4.36. The van der Waals surface area contributed by atoms with Crippen molar-refractivity contribution in [1.82, 2.24) is 14.7 Å². The van der Waals surface area contributed by atoms with Crippen LogP contribution < -0.4 is 4.72 Å². The van der Waals surface area contributed by atoms with Crippen molar-refractivity contribution in [2.24, 2.45) is 0 Å². The van der Waals surface area contributed by atoms with Crippen LogP contribution in [0.25, 0.3) is 33.7 Å². The molecule has 2 aromatic heterocycles. The molecule has 0 amide bonds. The third-order valence-electron chi connectivity index (χ3n) is 9.89. The molecule has 1 aliphatic carbocycles. The number of allylic oxidation sites excluding steroid dienone is 2. The van der Waals surface area contributed by atoms with Gasteiger partial charge in [-0.05, 0) is 128 Å². The number of carbonyl (C=O) groups excluding carboxylic acids is 1. The molecule has 1 aliphatic rings. The molecule has 0 fully saturated rings.